The Kier molecular flexibility index (Phi) is 5.29. The number of amides is 1. The topological polar surface area (TPSA) is 66.0 Å². The summed E-state index contributed by atoms with van der Waals surface area (Å²) in [6, 6.07) is 15.6. The van der Waals surface area contributed by atoms with Gasteiger partial charge in [0.05, 0.1) is 6.10 Å². The van der Waals surface area contributed by atoms with Crippen LogP contribution in [0, 0.1) is 0 Å². The number of hydrogen-bond acceptors (Lipinski definition) is 6. The zero-order valence-corrected chi connectivity index (χ0v) is 17.8. The van der Waals surface area contributed by atoms with E-state index in [9.17, 15) is 4.79 Å². The third kappa shape index (κ3) is 3.51. The lowest BCUT2D eigenvalue weighted by Gasteiger charge is -2.44. The number of hydrogen-bond donors (Lipinski definition) is 2. The van der Waals surface area contributed by atoms with Gasteiger partial charge in [0.25, 0.3) is 5.91 Å². The molecule has 5 rings (SSSR count). The Balaban J connectivity index is 1.57. The Labute approximate surface area is 181 Å². The van der Waals surface area contributed by atoms with Crippen molar-refractivity contribution < 1.29 is 9.53 Å². The lowest BCUT2D eigenvalue weighted by atomic mass is 9.97. The number of nitrogens with one attached hydrogen (secondary N) is 2. The lowest BCUT2D eigenvalue weighted by Crippen LogP contribution is -2.51. The molecule has 1 fully saturated rings. The minimum absolute atomic E-state index is 0.0471. The van der Waals surface area contributed by atoms with E-state index in [1.54, 1.807) is 0 Å². The molecule has 2 N–H and O–H groups in total. The molecule has 3 aliphatic rings. The summed E-state index contributed by atoms with van der Waals surface area (Å²) in [7, 11) is 0. The molecule has 7 heteroatoms. The number of carbonyl (C=O) groups is 1. The average molecular weight is 423 g/mol. The summed E-state index contributed by atoms with van der Waals surface area (Å²) in [5.41, 5.74) is 2.89. The molecule has 2 aromatic rings. The third-order valence-electron chi connectivity index (χ3n) is 5.85. The zero-order chi connectivity index (χ0) is 20.5. The van der Waals surface area contributed by atoms with Crippen molar-refractivity contribution in [1.29, 1.82) is 0 Å². The molecular formula is C23H26N4O2S. The molecule has 2 aromatic carbocycles. The van der Waals surface area contributed by atoms with E-state index in [1.165, 1.54) is 24.6 Å². The Morgan fingerprint density at radius 2 is 1.83 bits per heavy atom. The van der Waals surface area contributed by atoms with E-state index in [1.807, 2.05) is 47.5 Å². The predicted octanol–water partition coefficient (Wildman–Crippen LogP) is 4.63. The summed E-state index contributed by atoms with van der Waals surface area (Å²) in [4.78, 5) is 13.1. The summed E-state index contributed by atoms with van der Waals surface area (Å²) in [5.74, 6) is 1.66. The fraction of sp³-hybridized carbons (Fsp3) is 0.391. The second-order valence-electron chi connectivity index (χ2n) is 7.81. The first-order chi connectivity index (χ1) is 14.7. The number of fused-ring (bicyclic) bond motifs is 3. The Morgan fingerprint density at radius 1 is 1.10 bits per heavy atom. The van der Waals surface area contributed by atoms with Gasteiger partial charge in [0.2, 0.25) is 0 Å². The van der Waals surface area contributed by atoms with E-state index in [4.69, 9.17) is 9.84 Å². The molecule has 0 unspecified atom stereocenters. The molecule has 2 heterocycles. The highest BCUT2D eigenvalue weighted by atomic mass is 32.2. The average Bonchev–Trinajstić information content (AvgIpc) is 3.27. The second kappa shape index (κ2) is 8.22. The number of anilines is 1. The molecule has 0 aromatic heterocycles. The van der Waals surface area contributed by atoms with Crippen LogP contribution >= 0.6 is 11.8 Å². The van der Waals surface area contributed by atoms with E-state index in [0.717, 1.165) is 41.2 Å². The molecular weight excluding hydrogens is 396 g/mol. The molecule has 1 saturated carbocycles. The Morgan fingerprint density at radius 3 is 2.63 bits per heavy atom. The molecule has 6 nitrogen and oxygen atoms in total. The first-order valence-corrected chi connectivity index (χ1v) is 11.6. The van der Waals surface area contributed by atoms with Crippen LogP contribution in [0.1, 0.15) is 55.9 Å². The first-order valence-electron chi connectivity index (χ1n) is 10.7. The highest BCUT2D eigenvalue weighted by molar-refractivity contribution is 8.13. The van der Waals surface area contributed by atoms with Gasteiger partial charge in [0.1, 0.15) is 11.9 Å². The van der Waals surface area contributed by atoms with Crippen LogP contribution in [0.25, 0.3) is 0 Å². The monoisotopic (exact) mass is 422 g/mol. The van der Waals surface area contributed by atoms with Crippen LogP contribution in [-0.4, -0.2) is 27.9 Å². The van der Waals surface area contributed by atoms with Crippen molar-refractivity contribution in [3.8, 4) is 5.75 Å². The Hall–Kier alpha value is -2.67. The number of benzene rings is 2. The van der Waals surface area contributed by atoms with E-state index in [0.29, 0.717) is 5.17 Å². The number of hydrazone groups is 1. The number of amidine groups is 1. The van der Waals surface area contributed by atoms with Gasteiger partial charge in [-0.2, -0.15) is 0 Å². The van der Waals surface area contributed by atoms with Crippen molar-refractivity contribution in [2.45, 2.75) is 50.9 Å². The standard InChI is InChI=1S/C23H26N4O2S/c1-2-30-23-25-22(28)20-16-11-5-7-13-18(16)24-21(27(20)26-23)17-12-6-8-14-19(17)29-15-9-3-4-10-15/h5-8,11-15,20-21,24H,2-4,9-10H2,1H3,(H,25,26,28)/t20-,21+/m0/s1. The fourth-order valence-corrected chi connectivity index (χ4v) is 5.07. The van der Waals surface area contributed by atoms with Gasteiger partial charge in [-0.05, 0) is 43.6 Å². The SMILES string of the molecule is CCSC1=NN2[C@H](C(=O)N1)c1ccccc1N[C@H]2c1ccccc1OC1CCCC1. The predicted molar refractivity (Wildman–Crippen MR) is 120 cm³/mol. The minimum atomic E-state index is -0.479. The van der Waals surface area contributed by atoms with Crippen molar-refractivity contribution in [2.24, 2.45) is 5.10 Å². The summed E-state index contributed by atoms with van der Waals surface area (Å²) in [5, 5.41) is 14.0. The van der Waals surface area contributed by atoms with Gasteiger partial charge < -0.3 is 15.4 Å². The van der Waals surface area contributed by atoms with Crippen LogP contribution in [0.3, 0.4) is 0 Å². The van der Waals surface area contributed by atoms with E-state index >= 15 is 0 Å². The number of nitrogens with zero attached hydrogens (tertiary/aromatic N) is 2. The molecule has 0 radical (unpaired) electrons. The molecule has 2 aliphatic heterocycles. The van der Waals surface area contributed by atoms with Gasteiger partial charge in [-0.15, -0.1) is 5.10 Å². The number of para-hydroxylation sites is 2. The van der Waals surface area contributed by atoms with Crippen LogP contribution < -0.4 is 15.4 Å². The van der Waals surface area contributed by atoms with E-state index in [2.05, 4.69) is 23.6 Å². The number of rotatable bonds is 4. The van der Waals surface area contributed by atoms with Gasteiger partial charge in [-0.1, -0.05) is 55.1 Å². The fourth-order valence-electron chi connectivity index (χ4n) is 4.47. The van der Waals surface area contributed by atoms with Gasteiger partial charge in [0, 0.05) is 16.8 Å². The smallest absolute Gasteiger partial charge is 0.255 e. The maximum absolute atomic E-state index is 13.1. The molecule has 156 valence electrons. The Bertz CT molecular complexity index is 973. The van der Waals surface area contributed by atoms with Crippen molar-refractivity contribution in [1.82, 2.24) is 10.3 Å². The van der Waals surface area contributed by atoms with Crippen LogP contribution in [-0.2, 0) is 4.79 Å². The molecule has 2 atom stereocenters. The second-order valence-corrected chi connectivity index (χ2v) is 9.06. The van der Waals surface area contributed by atoms with Crippen LogP contribution in [0.15, 0.2) is 53.6 Å². The summed E-state index contributed by atoms with van der Waals surface area (Å²) in [6.45, 7) is 2.05. The largest absolute Gasteiger partial charge is 0.490 e. The van der Waals surface area contributed by atoms with Crippen LogP contribution in [0.2, 0.25) is 0 Å². The molecule has 0 saturated heterocycles. The minimum Gasteiger partial charge on any atom is -0.490 e. The van der Waals surface area contributed by atoms with Crippen molar-refractivity contribution >= 4 is 28.5 Å². The van der Waals surface area contributed by atoms with Gasteiger partial charge in [-0.25, -0.2) is 0 Å². The zero-order valence-electron chi connectivity index (χ0n) is 17.0. The highest BCUT2D eigenvalue weighted by Crippen LogP contribution is 2.44. The van der Waals surface area contributed by atoms with E-state index < -0.39 is 6.04 Å². The van der Waals surface area contributed by atoms with Gasteiger partial charge in [0.15, 0.2) is 11.2 Å². The maximum Gasteiger partial charge on any atom is 0.255 e. The first kappa shape index (κ1) is 19.3. The lowest BCUT2D eigenvalue weighted by molar-refractivity contribution is -0.127. The quantitative estimate of drug-likeness (QED) is 0.752. The maximum atomic E-state index is 13.1. The summed E-state index contributed by atoms with van der Waals surface area (Å²) < 4.78 is 6.41. The van der Waals surface area contributed by atoms with Crippen molar-refractivity contribution in [2.75, 3.05) is 11.1 Å². The van der Waals surface area contributed by atoms with Crippen LogP contribution in [0.5, 0.6) is 5.75 Å². The molecule has 1 aliphatic carbocycles. The van der Waals surface area contributed by atoms with Crippen molar-refractivity contribution in [3.05, 3.63) is 59.7 Å². The number of carbonyl (C=O) groups excluding carboxylic acids is 1. The summed E-state index contributed by atoms with van der Waals surface area (Å²) in [6.07, 6.45) is 4.60. The normalized spacial score (nSPS) is 23.2. The number of thioether (sulfide) groups is 1. The van der Waals surface area contributed by atoms with Gasteiger partial charge in [-0.3, -0.25) is 9.80 Å². The summed E-state index contributed by atoms with van der Waals surface area (Å²) >= 11 is 1.54. The molecule has 0 spiro atoms. The highest BCUT2D eigenvalue weighted by Gasteiger charge is 2.42. The molecule has 1 amide bonds. The van der Waals surface area contributed by atoms with E-state index in [-0.39, 0.29) is 18.2 Å². The number of ether oxygens (including phenoxy) is 1. The molecule has 30 heavy (non-hydrogen) atoms. The third-order valence-corrected chi connectivity index (χ3v) is 6.60. The van der Waals surface area contributed by atoms with Crippen LogP contribution in [0.4, 0.5) is 5.69 Å². The molecule has 0 bridgehead atoms. The van der Waals surface area contributed by atoms with Crippen molar-refractivity contribution in [3.63, 3.8) is 0 Å². The van der Waals surface area contributed by atoms with Gasteiger partial charge >= 0.3 is 0 Å².